The third-order valence-electron chi connectivity index (χ3n) is 6.41. The maximum atomic E-state index is 13.6. The van der Waals surface area contributed by atoms with Gasteiger partial charge in [0, 0.05) is 35.8 Å². The molecule has 1 aromatic carbocycles. The predicted molar refractivity (Wildman–Crippen MR) is 160 cm³/mol. The summed E-state index contributed by atoms with van der Waals surface area (Å²) in [7, 11) is 0. The molecule has 0 fully saturated rings. The number of nitrogens with two attached hydrogens (primary N) is 4. The van der Waals surface area contributed by atoms with E-state index in [2.05, 4.69) is 38.6 Å². The van der Waals surface area contributed by atoms with E-state index < -0.39 is 47.9 Å². The summed E-state index contributed by atoms with van der Waals surface area (Å²) in [4.78, 5) is 58.2. The van der Waals surface area contributed by atoms with Crippen molar-refractivity contribution in [2.45, 2.75) is 62.7 Å². The first-order valence-corrected chi connectivity index (χ1v) is 14.0. The Kier molecular flexibility index (Phi) is 13.9. The Morgan fingerprint density at radius 2 is 1.56 bits per heavy atom. The maximum Gasteiger partial charge on any atom is 0.326 e. The number of aliphatic carboxylic acids is 1. The second-order valence-electron chi connectivity index (χ2n) is 9.61. The number of rotatable bonds is 18. The lowest BCUT2D eigenvalue weighted by Gasteiger charge is -2.25. The second kappa shape index (κ2) is 17.1. The van der Waals surface area contributed by atoms with E-state index in [0.717, 1.165) is 16.5 Å². The van der Waals surface area contributed by atoms with Crippen LogP contribution in [0.3, 0.4) is 0 Å². The van der Waals surface area contributed by atoms with Gasteiger partial charge in [-0.25, -0.2) is 4.79 Å². The monoisotopic (exact) mass is 591 g/mol. The van der Waals surface area contributed by atoms with Gasteiger partial charge in [-0.05, 0) is 50.3 Å². The van der Waals surface area contributed by atoms with Gasteiger partial charge in [0.15, 0.2) is 5.96 Å². The van der Waals surface area contributed by atoms with E-state index >= 15 is 0 Å². The quantitative estimate of drug-likeness (QED) is 0.0426. The van der Waals surface area contributed by atoms with E-state index in [1.165, 1.54) is 0 Å². The zero-order valence-electron chi connectivity index (χ0n) is 22.8. The Morgan fingerprint density at radius 1 is 0.927 bits per heavy atom. The van der Waals surface area contributed by atoms with Crippen LogP contribution in [0.25, 0.3) is 10.9 Å². The fourth-order valence-corrected chi connectivity index (χ4v) is 4.32. The number of benzene rings is 1. The summed E-state index contributed by atoms with van der Waals surface area (Å²) in [5, 5.41) is 18.3. The van der Waals surface area contributed by atoms with Gasteiger partial charge in [-0.1, -0.05) is 18.2 Å². The minimum Gasteiger partial charge on any atom is -0.480 e. The molecule has 0 aliphatic heterocycles. The van der Waals surface area contributed by atoms with Crippen molar-refractivity contribution in [2.24, 2.45) is 27.9 Å². The lowest BCUT2D eigenvalue weighted by molar-refractivity contribution is -0.142. The Morgan fingerprint density at radius 3 is 2.22 bits per heavy atom. The Balaban J connectivity index is 2.28. The van der Waals surface area contributed by atoms with E-state index in [-0.39, 0.29) is 37.5 Å². The van der Waals surface area contributed by atoms with Gasteiger partial charge in [0.2, 0.25) is 17.7 Å². The molecule has 3 amide bonds. The number of aromatic amines is 1. The molecule has 13 N–H and O–H groups in total. The summed E-state index contributed by atoms with van der Waals surface area (Å²) in [5.41, 5.74) is 23.7. The van der Waals surface area contributed by atoms with Gasteiger partial charge < -0.3 is 49.0 Å². The number of amides is 3. The number of hydrogen-bond donors (Lipinski definition) is 10. The van der Waals surface area contributed by atoms with E-state index in [4.69, 9.17) is 22.9 Å². The van der Waals surface area contributed by atoms with Crippen LogP contribution in [0.15, 0.2) is 35.5 Å². The lowest BCUT2D eigenvalue weighted by atomic mass is 10.0. The van der Waals surface area contributed by atoms with Crippen LogP contribution in [0.1, 0.15) is 37.7 Å². The number of carbonyl (C=O) groups is 4. The smallest absolute Gasteiger partial charge is 0.326 e. The molecule has 2 rings (SSSR count). The number of aliphatic imine (C=N–C) groups is 1. The molecule has 0 radical (unpaired) electrons. The Labute approximate surface area is 243 Å². The number of aromatic nitrogens is 1. The van der Waals surface area contributed by atoms with Crippen LogP contribution in [0.4, 0.5) is 0 Å². The number of guanidine groups is 1. The lowest BCUT2D eigenvalue weighted by Crippen LogP contribution is -2.57. The van der Waals surface area contributed by atoms with Gasteiger partial charge in [-0.2, -0.15) is 12.6 Å². The van der Waals surface area contributed by atoms with E-state index in [0.29, 0.717) is 25.8 Å². The number of hydrogen-bond acceptors (Lipinski definition) is 8. The second-order valence-corrected chi connectivity index (χ2v) is 9.97. The number of H-pyrrole nitrogens is 1. The highest BCUT2D eigenvalue weighted by Crippen LogP contribution is 2.19. The molecule has 41 heavy (non-hydrogen) atoms. The molecule has 15 heteroatoms. The highest BCUT2D eigenvalue weighted by molar-refractivity contribution is 7.80. The number of para-hydroxylation sites is 1. The highest BCUT2D eigenvalue weighted by Gasteiger charge is 2.30. The average Bonchev–Trinajstić information content (AvgIpc) is 3.35. The normalized spacial score (nSPS) is 13.9. The van der Waals surface area contributed by atoms with Crippen molar-refractivity contribution in [1.82, 2.24) is 20.9 Å². The molecule has 1 aromatic heterocycles. The number of carboxylic acids is 1. The number of unbranched alkanes of at least 4 members (excludes halogenated alkanes) is 1. The van der Waals surface area contributed by atoms with Crippen molar-refractivity contribution < 1.29 is 24.3 Å². The molecule has 0 aliphatic rings. The largest absolute Gasteiger partial charge is 0.480 e. The third kappa shape index (κ3) is 10.9. The predicted octanol–water partition coefficient (Wildman–Crippen LogP) is -1.31. The van der Waals surface area contributed by atoms with E-state index in [1.54, 1.807) is 6.20 Å². The van der Waals surface area contributed by atoms with E-state index in [9.17, 15) is 24.3 Å². The molecule has 0 saturated heterocycles. The van der Waals surface area contributed by atoms with Crippen LogP contribution in [0, 0.1) is 0 Å². The molecule has 2 aromatic rings. The first kappa shape index (κ1) is 33.4. The molecule has 0 saturated carbocycles. The number of nitrogens with zero attached hydrogens (tertiary/aromatic N) is 1. The zero-order chi connectivity index (χ0) is 30.4. The minimum atomic E-state index is -1.20. The molecule has 0 spiro atoms. The first-order chi connectivity index (χ1) is 19.6. The van der Waals surface area contributed by atoms with Gasteiger partial charge in [0.05, 0.1) is 6.04 Å². The minimum absolute atomic E-state index is 0.0593. The van der Waals surface area contributed by atoms with Gasteiger partial charge >= 0.3 is 5.97 Å². The SMILES string of the molecule is NCCCCC(NC(=O)C(CCCN=C(N)N)NC(=O)C(Cc1c[nH]c2ccccc12)NC(=O)C(N)CS)C(=O)O. The molecule has 4 unspecified atom stereocenters. The van der Waals surface area contributed by atoms with Crippen molar-refractivity contribution in [2.75, 3.05) is 18.8 Å². The fourth-order valence-electron chi connectivity index (χ4n) is 4.16. The highest BCUT2D eigenvalue weighted by atomic mass is 32.1. The number of carbonyl (C=O) groups excluding carboxylic acids is 3. The molecule has 14 nitrogen and oxygen atoms in total. The van der Waals surface area contributed by atoms with Crippen LogP contribution in [-0.2, 0) is 25.6 Å². The van der Waals surface area contributed by atoms with Crippen molar-refractivity contribution in [3.8, 4) is 0 Å². The van der Waals surface area contributed by atoms with Gasteiger partial charge in [0.1, 0.15) is 18.1 Å². The molecular formula is C26H41N9O5S. The zero-order valence-corrected chi connectivity index (χ0v) is 23.7. The number of nitrogens with one attached hydrogen (secondary N) is 4. The standard InChI is InChI=1S/C26H41N9O5S/c27-10-4-3-8-20(25(39)40)34-23(37)19(9-5-11-31-26(29)30)33-24(38)21(35-22(36)17(28)14-41)12-15-13-32-18-7-2-1-6-16(15)18/h1-2,6-7,13,17,19-21,32,41H,3-5,8-12,14,27-28H2,(H,33,38)(H,34,37)(H,35,36)(H,39,40)(H4,29,30,31). The molecule has 226 valence electrons. The fraction of sp³-hybridized carbons (Fsp3) is 0.500. The molecular weight excluding hydrogens is 550 g/mol. The number of fused-ring (bicyclic) bond motifs is 1. The van der Waals surface area contributed by atoms with Crippen LogP contribution in [0.5, 0.6) is 0 Å². The van der Waals surface area contributed by atoms with Crippen LogP contribution >= 0.6 is 12.6 Å². The van der Waals surface area contributed by atoms with Gasteiger partial charge in [-0.15, -0.1) is 0 Å². The van der Waals surface area contributed by atoms with Crippen molar-refractivity contribution in [3.05, 3.63) is 36.0 Å². The average molecular weight is 592 g/mol. The topological polar surface area (TPSA) is 257 Å². The summed E-state index contributed by atoms with van der Waals surface area (Å²) < 4.78 is 0. The van der Waals surface area contributed by atoms with Gasteiger partial charge in [-0.3, -0.25) is 19.4 Å². The maximum absolute atomic E-state index is 13.6. The number of carboxylic acid groups (broad SMARTS) is 1. The summed E-state index contributed by atoms with van der Waals surface area (Å²) in [6.07, 6.45) is 3.53. The van der Waals surface area contributed by atoms with Crippen molar-refractivity contribution in [1.29, 1.82) is 0 Å². The van der Waals surface area contributed by atoms with Gasteiger partial charge in [0.25, 0.3) is 0 Å². The molecule has 0 bridgehead atoms. The molecule has 1 heterocycles. The van der Waals surface area contributed by atoms with Crippen LogP contribution in [-0.4, -0.2) is 82.8 Å². The van der Waals surface area contributed by atoms with Crippen LogP contribution in [0.2, 0.25) is 0 Å². The summed E-state index contributed by atoms with van der Waals surface area (Å²) in [6.45, 7) is 0.581. The summed E-state index contributed by atoms with van der Waals surface area (Å²) in [6, 6.07) is 3.14. The third-order valence-corrected chi connectivity index (χ3v) is 6.80. The number of thiol groups is 1. The van der Waals surface area contributed by atoms with Crippen molar-refractivity contribution in [3.63, 3.8) is 0 Å². The van der Waals surface area contributed by atoms with Crippen molar-refractivity contribution >= 4 is 53.2 Å². The Bertz CT molecular complexity index is 1200. The summed E-state index contributed by atoms with van der Waals surface area (Å²) in [5.74, 6) is -3.18. The van der Waals surface area contributed by atoms with Crippen LogP contribution < -0.4 is 38.9 Å². The summed E-state index contributed by atoms with van der Waals surface area (Å²) >= 11 is 4.06. The van der Waals surface area contributed by atoms with E-state index in [1.807, 2.05) is 24.3 Å². The first-order valence-electron chi connectivity index (χ1n) is 13.4. The Hall–Kier alpha value is -3.82. The molecule has 4 atom stereocenters. The molecule has 0 aliphatic carbocycles.